The van der Waals surface area contributed by atoms with E-state index in [1.807, 2.05) is 0 Å². The highest BCUT2D eigenvalue weighted by molar-refractivity contribution is 5.23. The molecule has 25 heavy (non-hydrogen) atoms. The van der Waals surface area contributed by atoms with E-state index >= 15 is 0 Å². The molecular weight excluding hydrogens is 364 g/mol. The predicted molar refractivity (Wildman–Crippen MR) is 71.1 cm³/mol. The van der Waals surface area contributed by atoms with Gasteiger partial charge in [0, 0.05) is 6.07 Å². The van der Waals surface area contributed by atoms with Crippen LogP contribution in [0.4, 0.5) is 35.1 Å². The van der Waals surface area contributed by atoms with Crippen LogP contribution in [0.1, 0.15) is 0 Å². The molecule has 0 N–H and O–H groups in total. The van der Waals surface area contributed by atoms with Crippen molar-refractivity contribution in [3.8, 4) is 11.5 Å². The quantitative estimate of drug-likeness (QED) is 0.644. The highest BCUT2D eigenvalue weighted by Crippen LogP contribution is 2.27. The van der Waals surface area contributed by atoms with Gasteiger partial charge in [0.1, 0.15) is 17.3 Å². The molecule has 0 aromatic heterocycles. The predicted octanol–water partition coefficient (Wildman–Crippen LogP) is 5.65. The van der Waals surface area contributed by atoms with Gasteiger partial charge in [-0.1, -0.05) is 24.3 Å². The second-order valence-corrected chi connectivity index (χ2v) is 4.28. The molecule has 0 saturated heterocycles. The van der Waals surface area contributed by atoms with Crippen molar-refractivity contribution in [2.24, 2.45) is 0 Å². The van der Waals surface area contributed by atoms with Crippen molar-refractivity contribution >= 4 is 0 Å². The van der Waals surface area contributed by atoms with E-state index in [4.69, 9.17) is 0 Å². The molecule has 0 atom stereocenters. The maximum atomic E-state index is 12.4. The summed E-state index contributed by atoms with van der Waals surface area (Å²) in [5, 5.41) is 0. The third kappa shape index (κ3) is 8.23. The van der Waals surface area contributed by atoms with Gasteiger partial charge in [0.15, 0.2) is 0 Å². The fourth-order valence-electron chi connectivity index (χ4n) is 1.35. The molecule has 0 radical (unpaired) electrons. The van der Waals surface area contributed by atoms with Gasteiger partial charge in [-0.05, 0) is 24.3 Å². The van der Waals surface area contributed by atoms with Crippen molar-refractivity contribution in [1.82, 2.24) is 0 Å². The Hall–Kier alpha value is -2.52. The summed E-state index contributed by atoms with van der Waals surface area (Å²) in [5.74, 6) is -1.68. The molecule has 0 unspecified atom stereocenters. The molecule has 2 aromatic carbocycles. The van der Waals surface area contributed by atoms with E-state index in [9.17, 15) is 35.1 Å². The van der Waals surface area contributed by atoms with E-state index in [1.54, 1.807) is 6.07 Å². The maximum Gasteiger partial charge on any atom is 0.573 e. The SMILES string of the molecule is FC(F)(F)Oc1ccccc1.Fc1cccc(OC(F)(F)C(F)F)c1. The largest absolute Gasteiger partial charge is 0.573 e. The van der Waals surface area contributed by atoms with Crippen molar-refractivity contribution in [3.63, 3.8) is 0 Å². The number of para-hydroxylation sites is 1. The van der Waals surface area contributed by atoms with Gasteiger partial charge in [-0.25, -0.2) is 4.39 Å². The van der Waals surface area contributed by atoms with Crippen molar-refractivity contribution in [1.29, 1.82) is 0 Å². The summed E-state index contributed by atoms with van der Waals surface area (Å²) in [5.41, 5.74) is 0. The first-order chi connectivity index (χ1) is 11.5. The fourth-order valence-corrected chi connectivity index (χ4v) is 1.35. The molecule has 0 heterocycles. The Labute approximate surface area is 136 Å². The molecule has 2 nitrogen and oxygen atoms in total. The highest BCUT2D eigenvalue weighted by atomic mass is 19.4. The number of halogens is 8. The standard InChI is InChI=1S/C8H5F5O.C7H5F3O/c9-5-2-1-3-6(4-5)14-8(12,13)7(10)11;8-7(9,10)11-6-4-2-1-3-5-6/h1-4,7H;1-5H. The van der Waals surface area contributed by atoms with Crippen molar-refractivity contribution in [2.75, 3.05) is 0 Å². The Morgan fingerprint density at radius 3 is 1.76 bits per heavy atom. The maximum absolute atomic E-state index is 12.4. The van der Waals surface area contributed by atoms with E-state index in [0.717, 1.165) is 18.2 Å². The number of ether oxygens (including phenoxy) is 2. The van der Waals surface area contributed by atoms with Crippen LogP contribution in [0.3, 0.4) is 0 Å². The molecular formula is C15H10F8O2. The summed E-state index contributed by atoms with van der Waals surface area (Å²) in [6.07, 6.45) is -13.2. The first kappa shape index (κ1) is 20.5. The van der Waals surface area contributed by atoms with Gasteiger partial charge in [0.25, 0.3) is 0 Å². The Balaban J connectivity index is 0.000000257. The lowest BCUT2D eigenvalue weighted by molar-refractivity contribution is -0.274. The zero-order valence-corrected chi connectivity index (χ0v) is 12.1. The lowest BCUT2D eigenvalue weighted by Gasteiger charge is -2.16. The third-order valence-electron chi connectivity index (χ3n) is 2.28. The van der Waals surface area contributed by atoms with Crippen LogP contribution in [0.2, 0.25) is 0 Å². The van der Waals surface area contributed by atoms with Gasteiger partial charge in [0.05, 0.1) is 0 Å². The molecule has 0 bridgehead atoms. The van der Waals surface area contributed by atoms with E-state index in [-0.39, 0.29) is 5.75 Å². The molecule has 0 fully saturated rings. The van der Waals surface area contributed by atoms with E-state index < -0.39 is 30.5 Å². The lowest BCUT2D eigenvalue weighted by Crippen LogP contribution is -2.33. The van der Waals surface area contributed by atoms with Gasteiger partial charge in [-0.15, -0.1) is 13.2 Å². The van der Waals surface area contributed by atoms with Crippen LogP contribution in [0.25, 0.3) is 0 Å². The Kier molecular flexibility index (Phi) is 7.01. The lowest BCUT2D eigenvalue weighted by atomic mass is 10.3. The molecule has 0 aliphatic heterocycles. The molecule has 0 spiro atoms. The Bertz CT molecular complexity index is 643. The number of alkyl halides is 7. The summed E-state index contributed by atoms with van der Waals surface area (Å²) in [6, 6.07) is 10.7. The van der Waals surface area contributed by atoms with Crippen LogP contribution in [0.15, 0.2) is 54.6 Å². The topological polar surface area (TPSA) is 18.5 Å². The van der Waals surface area contributed by atoms with E-state index in [1.165, 1.54) is 24.3 Å². The number of hydrogen-bond acceptors (Lipinski definition) is 2. The summed E-state index contributed by atoms with van der Waals surface area (Å²) in [7, 11) is 0. The minimum Gasteiger partial charge on any atom is -0.428 e. The van der Waals surface area contributed by atoms with Crippen molar-refractivity contribution in [3.05, 3.63) is 60.4 Å². The number of hydrogen-bond donors (Lipinski definition) is 0. The first-order valence-electron chi connectivity index (χ1n) is 6.41. The van der Waals surface area contributed by atoms with Crippen molar-refractivity contribution in [2.45, 2.75) is 18.9 Å². The zero-order chi connectivity index (χ0) is 19.1. The zero-order valence-electron chi connectivity index (χ0n) is 12.1. The van der Waals surface area contributed by atoms with Gasteiger partial charge < -0.3 is 9.47 Å². The van der Waals surface area contributed by atoms with E-state index in [2.05, 4.69) is 9.47 Å². The molecule has 0 saturated carbocycles. The van der Waals surface area contributed by atoms with Gasteiger partial charge >= 0.3 is 18.9 Å². The third-order valence-corrected chi connectivity index (χ3v) is 2.28. The van der Waals surface area contributed by atoms with Gasteiger partial charge in [-0.2, -0.15) is 17.6 Å². The molecule has 2 rings (SSSR count). The molecule has 0 aliphatic carbocycles. The monoisotopic (exact) mass is 374 g/mol. The minimum atomic E-state index is -4.60. The number of rotatable bonds is 4. The molecule has 10 heteroatoms. The smallest absolute Gasteiger partial charge is 0.428 e. The molecule has 0 aliphatic rings. The first-order valence-corrected chi connectivity index (χ1v) is 6.41. The van der Waals surface area contributed by atoms with Crippen LogP contribution < -0.4 is 9.47 Å². The Morgan fingerprint density at radius 2 is 1.28 bits per heavy atom. The summed E-state index contributed by atoms with van der Waals surface area (Å²) in [6.45, 7) is 0. The second kappa shape index (κ2) is 8.54. The van der Waals surface area contributed by atoms with E-state index in [0.29, 0.717) is 6.07 Å². The summed E-state index contributed by atoms with van der Waals surface area (Å²) >= 11 is 0. The Morgan fingerprint density at radius 1 is 0.720 bits per heavy atom. The van der Waals surface area contributed by atoms with Crippen LogP contribution in [0.5, 0.6) is 11.5 Å². The van der Waals surface area contributed by atoms with Crippen LogP contribution in [-0.4, -0.2) is 18.9 Å². The number of benzene rings is 2. The average molecular weight is 374 g/mol. The van der Waals surface area contributed by atoms with Gasteiger partial charge in [0.2, 0.25) is 0 Å². The van der Waals surface area contributed by atoms with Crippen LogP contribution >= 0.6 is 0 Å². The summed E-state index contributed by atoms with van der Waals surface area (Å²) in [4.78, 5) is 0. The average Bonchev–Trinajstić information content (AvgIpc) is 2.46. The fraction of sp³-hybridized carbons (Fsp3) is 0.200. The second-order valence-electron chi connectivity index (χ2n) is 4.28. The van der Waals surface area contributed by atoms with Crippen LogP contribution in [0, 0.1) is 5.82 Å². The van der Waals surface area contributed by atoms with Crippen LogP contribution in [-0.2, 0) is 0 Å². The molecule has 138 valence electrons. The normalized spacial score (nSPS) is 11.6. The highest BCUT2D eigenvalue weighted by Gasteiger charge is 2.43. The molecule has 0 amide bonds. The summed E-state index contributed by atoms with van der Waals surface area (Å²) < 4.78 is 102. The van der Waals surface area contributed by atoms with Crippen molar-refractivity contribution < 1.29 is 44.6 Å². The van der Waals surface area contributed by atoms with Gasteiger partial charge in [-0.3, -0.25) is 0 Å². The minimum absolute atomic E-state index is 0.194. The molecule has 2 aromatic rings.